The van der Waals surface area contributed by atoms with Crippen molar-refractivity contribution in [2.75, 3.05) is 13.1 Å². The zero-order chi connectivity index (χ0) is 17.0. The third kappa shape index (κ3) is 3.51. The van der Waals surface area contributed by atoms with Gasteiger partial charge in [0.25, 0.3) is 0 Å². The summed E-state index contributed by atoms with van der Waals surface area (Å²) in [5.41, 5.74) is -0.833. The molecule has 0 aliphatic heterocycles. The van der Waals surface area contributed by atoms with Gasteiger partial charge in [-0.05, 0) is 39.5 Å². The fourth-order valence-corrected chi connectivity index (χ4v) is 3.80. The molecule has 2 rings (SSSR count). The van der Waals surface area contributed by atoms with Crippen molar-refractivity contribution >= 4 is 17.8 Å². The van der Waals surface area contributed by atoms with Gasteiger partial charge in [0.2, 0.25) is 11.8 Å². The van der Waals surface area contributed by atoms with Crippen molar-refractivity contribution in [3.63, 3.8) is 0 Å². The molecule has 0 spiro atoms. The van der Waals surface area contributed by atoms with Crippen LogP contribution in [0.1, 0.15) is 58.8 Å². The highest BCUT2D eigenvalue weighted by molar-refractivity contribution is 5.94. The second kappa shape index (κ2) is 7.32. The summed E-state index contributed by atoms with van der Waals surface area (Å²) in [4.78, 5) is 38.4. The van der Waals surface area contributed by atoms with Gasteiger partial charge in [0.15, 0.2) is 0 Å². The molecule has 130 valence electrons. The van der Waals surface area contributed by atoms with Crippen LogP contribution in [0.5, 0.6) is 0 Å². The Kier molecular flexibility index (Phi) is 5.65. The van der Waals surface area contributed by atoms with Crippen LogP contribution in [0, 0.1) is 11.8 Å². The van der Waals surface area contributed by atoms with Crippen molar-refractivity contribution in [2.24, 2.45) is 11.8 Å². The summed E-state index contributed by atoms with van der Waals surface area (Å²) >= 11 is 0. The summed E-state index contributed by atoms with van der Waals surface area (Å²) in [6, 6.07) is 0. The lowest BCUT2D eigenvalue weighted by Gasteiger charge is -2.42. The number of carbonyl (C=O) groups is 3. The zero-order valence-corrected chi connectivity index (χ0v) is 14.1. The number of rotatable bonds is 6. The molecule has 2 aliphatic carbocycles. The average molecular weight is 324 g/mol. The maximum Gasteiger partial charge on any atom is 0.307 e. The lowest BCUT2D eigenvalue weighted by Crippen LogP contribution is -2.62. The van der Waals surface area contributed by atoms with Crippen LogP contribution in [-0.4, -0.2) is 46.4 Å². The van der Waals surface area contributed by atoms with Gasteiger partial charge in [0.1, 0.15) is 5.54 Å². The first kappa shape index (κ1) is 17.8. The molecular weight excluding hydrogens is 296 g/mol. The molecule has 6 nitrogen and oxygen atoms in total. The van der Waals surface area contributed by atoms with Gasteiger partial charge in [-0.3, -0.25) is 14.4 Å². The number of aliphatic carboxylic acids is 1. The van der Waals surface area contributed by atoms with E-state index in [0.29, 0.717) is 38.8 Å². The molecule has 2 atom stereocenters. The first-order chi connectivity index (χ1) is 10.9. The maximum atomic E-state index is 13.0. The van der Waals surface area contributed by atoms with E-state index in [2.05, 4.69) is 5.32 Å². The van der Waals surface area contributed by atoms with Crippen LogP contribution in [0.15, 0.2) is 0 Å². The Morgan fingerprint density at radius 1 is 1.04 bits per heavy atom. The molecule has 2 unspecified atom stereocenters. The van der Waals surface area contributed by atoms with Crippen molar-refractivity contribution in [1.82, 2.24) is 10.2 Å². The smallest absolute Gasteiger partial charge is 0.307 e. The fraction of sp³-hybridized carbons (Fsp3) is 0.824. The summed E-state index contributed by atoms with van der Waals surface area (Å²) in [5, 5.41) is 12.1. The Bertz CT molecular complexity index is 467. The van der Waals surface area contributed by atoms with Crippen LogP contribution in [0.3, 0.4) is 0 Å². The van der Waals surface area contributed by atoms with E-state index in [1.54, 1.807) is 4.90 Å². The summed E-state index contributed by atoms with van der Waals surface area (Å²) in [6.45, 7) is 5.11. The van der Waals surface area contributed by atoms with Crippen molar-refractivity contribution < 1.29 is 19.5 Å². The second-order valence-corrected chi connectivity index (χ2v) is 6.74. The molecule has 2 aliphatic rings. The highest BCUT2D eigenvalue weighted by Gasteiger charge is 2.47. The molecule has 0 saturated heterocycles. The molecule has 0 aromatic heterocycles. The molecule has 0 radical (unpaired) electrons. The molecule has 2 fully saturated rings. The molecule has 23 heavy (non-hydrogen) atoms. The van der Waals surface area contributed by atoms with Crippen molar-refractivity contribution in [1.29, 1.82) is 0 Å². The van der Waals surface area contributed by atoms with Crippen LogP contribution in [0.25, 0.3) is 0 Å². The standard InChI is InChI=1S/C17H28N2O4/c1-3-19(4-2)16(23)17(10-6-5-7-11-17)18-14(20)12-8-9-13(12)15(21)22/h12-13H,3-11H2,1-2H3,(H,18,20)(H,21,22). The van der Waals surface area contributed by atoms with Crippen LogP contribution in [0.2, 0.25) is 0 Å². The van der Waals surface area contributed by atoms with Gasteiger partial charge in [0, 0.05) is 13.1 Å². The number of nitrogens with zero attached hydrogens (tertiary/aromatic N) is 1. The molecule has 0 aromatic rings. The predicted octanol–water partition coefficient (Wildman–Crippen LogP) is 1.78. The van der Waals surface area contributed by atoms with Crippen molar-refractivity contribution in [3.05, 3.63) is 0 Å². The first-order valence-corrected chi connectivity index (χ1v) is 8.79. The van der Waals surface area contributed by atoms with E-state index in [1.807, 2.05) is 13.8 Å². The van der Waals surface area contributed by atoms with Crippen LogP contribution in [-0.2, 0) is 14.4 Å². The second-order valence-electron chi connectivity index (χ2n) is 6.74. The Morgan fingerprint density at radius 2 is 1.61 bits per heavy atom. The lowest BCUT2D eigenvalue weighted by molar-refractivity contribution is -0.154. The molecular formula is C17H28N2O4. The summed E-state index contributed by atoms with van der Waals surface area (Å²) in [5.74, 6) is -2.27. The quantitative estimate of drug-likeness (QED) is 0.780. The van der Waals surface area contributed by atoms with Gasteiger partial charge in [0.05, 0.1) is 11.8 Å². The number of carboxylic acids is 1. The molecule has 6 heteroatoms. The summed E-state index contributed by atoms with van der Waals surface area (Å²) < 4.78 is 0. The summed E-state index contributed by atoms with van der Waals surface area (Å²) in [6.07, 6.45) is 5.35. The Balaban J connectivity index is 2.14. The highest BCUT2D eigenvalue weighted by Crippen LogP contribution is 2.37. The average Bonchev–Trinajstić information content (AvgIpc) is 2.47. The van der Waals surface area contributed by atoms with E-state index in [4.69, 9.17) is 5.11 Å². The third-order valence-electron chi connectivity index (χ3n) is 5.46. The zero-order valence-electron chi connectivity index (χ0n) is 14.1. The first-order valence-electron chi connectivity index (χ1n) is 8.79. The van der Waals surface area contributed by atoms with Crippen LogP contribution >= 0.6 is 0 Å². The topological polar surface area (TPSA) is 86.7 Å². The monoisotopic (exact) mass is 324 g/mol. The number of hydrogen-bond donors (Lipinski definition) is 2. The van der Waals surface area contributed by atoms with Gasteiger partial charge in [-0.25, -0.2) is 0 Å². The number of carboxylic acid groups (broad SMARTS) is 1. The van der Waals surface area contributed by atoms with Gasteiger partial charge in [-0.15, -0.1) is 0 Å². The Morgan fingerprint density at radius 3 is 2.04 bits per heavy atom. The van der Waals surface area contributed by atoms with Gasteiger partial charge < -0.3 is 15.3 Å². The predicted molar refractivity (Wildman–Crippen MR) is 85.7 cm³/mol. The minimum atomic E-state index is -0.913. The van der Waals surface area contributed by atoms with Gasteiger partial charge >= 0.3 is 5.97 Å². The molecule has 2 N–H and O–H groups in total. The van der Waals surface area contributed by atoms with Crippen LogP contribution < -0.4 is 5.32 Å². The van der Waals surface area contributed by atoms with Gasteiger partial charge in [-0.2, -0.15) is 0 Å². The highest BCUT2D eigenvalue weighted by atomic mass is 16.4. The molecule has 0 heterocycles. The number of likely N-dealkylation sites (N-methyl/N-ethyl adjacent to an activating group) is 1. The number of hydrogen-bond acceptors (Lipinski definition) is 3. The number of nitrogens with one attached hydrogen (secondary N) is 1. The third-order valence-corrected chi connectivity index (χ3v) is 5.46. The molecule has 2 saturated carbocycles. The lowest BCUT2D eigenvalue weighted by atomic mass is 9.72. The van der Waals surface area contributed by atoms with Gasteiger partial charge in [-0.1, -0.05) is 19.3 Å². The SMILES string of the molecule is CCN(CC)C(=O)C1(NC(=O)C2CCC2C(=O)O)CCCCC1. The molecule has 2 amide bonds. The maximum absolute atomic E-state index is 13.0. The molecule has 0 aromatic carbocycles. The minimum absolute atomic E-state index is 0.0123. The minimum Gasteiger partial charge on any atom is -0.481 e. The van der Waals surface area contributed by atoms with Crippen molar-refractivity contribution in [2.45, 2.75) is 64.3 Å². The Hall–Kier alpha value is -1.59. The van der Waals surface area contributed by atoms with E-state index in [9.17, 15) is 14.4 Å². The van der Waals surface area contributed by atoms with Crippen molar-refractivity contribution in [3.8, 4) is 0 Å². The van der Waals surface area contributed by atoms with E-state index in [1.165, 1.54) is 0 Å². The van der Waals surface area contributed by atoms with E-state index in [0.717, 1.165) is 19.3 Å². The largest absolute Gasteiger partial charge is 0.481 e. The van der Waals surface area contributed by atoms with Crippen LogP contribution in [0.4, 0.5) is 0 Å². The molecule has 0 bridgehead atoms. The van der Waals surface area contributed by atoms with E-state index < -0.39 is 23.3 Å². The Labute approximate surface area is 137 Å². The number of amides is 2. The normalized spacial score (nSPS) is 26.0. The van der Waals surface area contributed by atoms with E-state index >= 15 is 0 Å². The fourth-order valence-electron chi connectivity index (χ4n) is 3.80. The van der Waals surface area contributed by atoms with E-state index in [-0.39, 0.29) is 11.8 Å². The number of carbonyl (C=O) groups excluding carboxylic acids is 2. The summed E-state index contributed by atoms with van der Waals surface area (Å²) in [7, 11) is 0.